The molecule has 182 valence electrons. The predicted molar refractivity (Wildman–Crippen MR) is 109 cm³/mol. The molecule has 0 bridgehead atoms. The number of allylic oxidation sites excluding steroid dienone is 4. The van der Waals surface area contributed by atoms with Crippen LogP contribution in [-0.4, -0.2) is 52.9 Å². The Morgan fingerprint density at radius 3 is 2.45 bits per heavy atom. The van der Waals surface area contributed by atoms with Crippen molar-refractivity contribution >= 4 is 17.5 Å². The summed E-state index contributed by atoms with van der Waals surface area (Å²) in [6.45, 7) is 4.06. The van der Waals surface area contributed by atoms with E-state index >= 15 is 8.78 Å². The largest absolute Gasteiger partial charge is 0.450 e. The molecular formula is C24H28F4O5. The summed E-state index contributed by atoms with van der Waals surface area (Å²) in [5.74, 6) is -6.92. The second-order valence-corrected chi connectivity index (χ2v) is 10.5. The van der Waals surface area contributed by atoms with Gasteiger partial charge in [-0.3, -0.25) is 14.4 Å². The first-order valence-corrected chi connectivity index (χ1v) is 11.2. The lowest BCUT2D eigenvalue weighted by Crippen LogP contribution is -2.71. The summed E-state index contributed by atoms with van der Waals surface area (Å²) in [7, 11) is 0. The van der Waals surface area contributed by atoms with Crippen molar-refractivity contribution in [1.29, 1.82) is 0 Å². The van der Waals surface area contributed by atoms with E-state index in [2.05, 4.69) is 0 Å². The van der Waals surface area contributed by atoms with Gasteiger partial charge in [0.25, 0.3) is 0 Å². The minimum absolute atomic E-state index is 0.117. The molecule has 9 atom stereocenters. The molecular weight excluding hydrogens is 444 g/mol. The van der Waals surface area contributed by atoms with Gasteiger partial charge in [0.05, 0.1) is 6.10 Å². The lowest BCUT2D eigenvalue weighted by Gasteiger charge is -2.63. The smallest absolute Gasteiger partial charge is 0.303 e. The quantitative estimate of drug-likeness (QED) is 0.501. The molecule has 4 aliphatic rings. The summed E-state index contributed by atoms with van der Waals surface area (Å²) in [6.07, 6.45) is -2.66. The Hall–Kier alpha value is -2.03. The van der Waals surface area contributed by atoms with Crippen LogP contribution in [0.2, 0.25) is 0 Å². The highest BCUT2D eigenvalue weighted by atomic mass is 19.2. The third kappa shape index (κ3) is 2.66. The molecule has 0 radical (unpaired) electrons. The van der Waals surface area contributed by atoms with Crippen LogP contribution in [0.25, 0.3) is 0 Å². The molecule has 0 saturated heterocycles. The summed E-state index contributed by atoms with van der Waals surface area (Å²) < 4.78 is 66.5. The van der Waals surface area contributed by atoms with E-state index in [0.29, 0.717) is 0 Å². The van der Waals surface area contributed by atoms with Crippen molar-refractivity contribution in [3.05, 3.63) is 23.6 Å². The SMILES string of the molecule is CC(=O)O[C@]1(C(=O)CF)C(C)C[C@H]2[C@@H]3CC(F)C4=C(F)C(=O)C=C[C@]4(C)[C@@]3(F)C(O)C[C@@]21C. The normalized spacial score (nSPS) is 48.8. The van der Waals surface area contributed by atoms with E-state index in [4.69, 9.17) is 4.74 Å². The van der Waals surface area contributed by atoms with Crippen LogP contribution in [-0.2, 0) is 19.1 Å². The summed E-state index contributed by atoms with van der Waals surface area (Å²) >= 11 is 0. The molecule has 0 spiro atoms. The van der Waals surface area contributed by atoms with Gasteiger partial charge in [-0.15, -0.1) is 0 Å². The molecule has 0 aliphatic heterocycles. The summed E-state index contributed by atoms with van der Waals surface area (Å²) in [5.41, 5.74) is -8.45. The van der Waals surface area contributed by atoms with Gasteiger partial charge in [0, 0.05) is 35.2 Å². The number of esters is 1. The molecule has 5 nitrogen and oxygen atoms in total. The molecule has 3 unspecified atom stereocenters. The lowest BCUT2D eigenvalue weighted by molar-refractivity contribution is -0.231. The predicted octanol–water partition coefficient (Wildman–Crippen LogP) is 3.69. The molecule has 3 fully saturated rings. The van der Waals surface area contributed by atoms with E-state index in [9.17, 15) is 28.3 Å². The van der Waals surface area contributed by atoms with Gasteiger partial charge in [-0.05, 0) is 38.2 Å². The summed E-state index contributed by atoms with van der Waals surface area (Å²) in [6, 6.07) is 0. The van der Waals surface area contributed by atoms with E-state index in [1.807, 2.05) is 0 Å². The Bertz CT molecular complexity index is 993. The van der Waals surface area contributed by atoms with E-state index in [1.165, 1.54) is 6.92 Å². The average Bonchev–Trinajstić information content (AvgIpc) is 2.94. The number of alkyl halides is 3. The fraction of sp³-hybridized carbons (Fsp3) is 0.708. The average molecular weight is 472 g/mol. The second-order valence-electron chi connectivity index (χ2n) is 10.5. The van der Waals surface area contributed by atoms with Crippen LogP contribution in [0.3, 0.4) is 0 Å². The molecule has 3 saturated carbocycles. The number of ether oxygens (including phenoxy) is 1. The van der Waals surface area contributed by atoms with Crippen LogP contribution in [0.4, 0.5) is 17.6 Å². The Kier molecular flexibility index (Phi) is 5.28. The molecule has 4 aliphatic carbocycles. The molecule has 0 aromatic carbocycles. The molecule has 0 heterocycles. The monoisotopic (exact) mass is 472 g/mol. The first kappa shape index (κ1) is 24.1. The first-order valence-electron chi connectivity index (χ1n) is 11.2. The van der Waals surface area contributed by atoms with E-state index in [0.717, 1.165) is 19.1 Å². The number of ketones is 2. The molecule has 9 heteroatoms. The Morgan fingerprint density at radius 1 is 1.24 bits per heavy atom. The van der Waals surface area contributed by atoms with Crippen LogP contribution in [0.15, 0.2) is 23.6 Å². The maximum Gasteiger partial charge on any atom is 0.303 e. The van der Waals surface area contributed by atoms with Crippen LogP contribution in [0, 0.1) is 28.6 Å². The van der Waals surface area contributed by atoms with E-state index in [-0.39, 0.29) is 6.42 Å². The number of halogens is 4. The molecule has 1 N–H and O–H groups in total. The zero-order valence-electron chi connectivity index (χ0n) is 19.0. The van der Waals surface area contributed by atoms with Gasteiger partial charge in [-0.1, -0.05) is 19.9 Å². The van der Waals surface area contributed by atoms with Crippen molar-refractivity contribution in [3.8, 4) is 0 Å². The van der Waals surface area contributed by atoms with Gasteiger partial charge < -0.3 is 9.84 Å². The number of fused-ring (bicyclic) bond motifs is 5. The summed E-state index contributed by atoms with van der Waals surface area (Å²) in [5, 5.41) is 11.2. The summed E-state index contributed by atoms with van der Waals surface area (Å²) in [4.78, 5) is 36.8. The minimum atomic E-state index is -2.56. The standard InChI is InChI=1S/C24H28F4O5/c1-11-7-13-14-8-15(26)19-20(27)16(30)5-6-21(19,3)23(14,28)17(31)9-22(13,4)24(11,18(32)10-25)33-12(2)29/h5-6,11,13-15,17,31H,7-10H2,1-4H3/t11?,13-,14-,15?,17?,21-,22-,23-,24-/m0/s1. The lowest BCUT2D eigenvalue weighted by atomic mass is 9.44. The van der Waals surface area contributed by atoms with Crippen LogP contribution < -0.4 is 0 Å². The molecule has 4 rings (SSSR count). The highest BCUT2D eigenvalue weighted by Crippen LogP contribution is 2.72. The van der Waals surface area contributed by atoms with Crippen molar-refractivity contribution in [2.75, 3.05) is 6.67 Å². The Balaban J connectivity index is 1.91. The van der Waals surface area contributed by atoms with E-state index < -0.39 is 101 Å². The Labute approximate surface area is 189 Å². The number of rotatable bonds is 3. The third-order valence-corrected chi connectivity index (χ3v) is 9.09. The number of aliphatic hydroxyl groups excluding tert-OH is 1. The van der Waals surface area contributed by atoms with Crippen LogP contribution >= 0.6 is 0 Å². The molecule has 0 aromatic rings. The maximum absolute atomic E-state index is 17.1. The number of carbonyl (C=O) groups is 3. The van der Waals surface area contributed by atoms with Gasteiger partial charge in [0.15, 0.2) is 23.8 Å². The van der Waals surface area contributed by atoms with Crippen molar-refractivity contribution in [1.82, 2.24) is 0 Å². The zero-order chi connectivity index (χ0) is 24.7. The van der Waals surface area contributed by atoms with Crippen molar-refractivity contribution in [2.24, 2.45) is 28.6 Å². The fourth-order valence-corrected chi connectivity index (χ4v) is 7.81. The molecule has 0 amide bonds. The Morgan fingerprint density at radius 2 is 1.88 bits per heavy atom. The number of hydrogen-bond acceptors (Lipinski definition) is 5. The van der Waals surface area contributed by atoms with Gasteiger partial charge in [0.2, 0.25) is 11.6 Å². The van der Waals surface area contributed by atoms with Gasteiger partial charge >= 0.3 is 5.97 Å². The highest BCUT2D eigenvalue weighted by molar-refractivity contribution is 6.04. The first-order chi connectivity index (χ1) is 15.2. The van der Waals surface area contributed by atoms with Gasteiger partial charge in [0.1, 0.15) is 6.17 Å². The number of hydrogen-bond donors (Lipinski definition) is 1. The maximum atomic E-state index is 17.1. The number of aliphatic hydroxyl groups is 1. The number of carbonyl (C=O) groups excluding carboxylic acids is 3. The second kappa shape index (κ2) is 7.23. The topological polar surface area (TPSA) is 80.7 Å². The van der Waals surface area contributed by atoms with Crippen molar-refractivity contribution in [2.45, 2.75) is 70.5 Å². The third-order valence-electron chi connectivity index (χ3n) is 9.09. The molecule has 0 aromatic heterocycles. The van der Waals surface area contributed by atoms with Crippen LogP contribution in [0.5, 0.6) is 0 Å². The zero-order valence-corrected chi connectivity index (χ0v) is 19.0. The van der Waals surface area contributed by atoms with E-state index in [1.54, 1.807) is 13.8 Å². The number of Topliss-reactive ketones (excluding diaryl/α,β-unsaturated/α-hetero) is 1. The minimum Gasteiger partial charge on any atom is -0.450 e. The fourth-order valence-electron chi connectivity index (χ4n) is 7.81. The van der Waals surface area contributed by atoms with Crippen molar-refractivity contribution in [3.63, 3.8) is 0 Å². The highest BCUT2D eigenvalue weighted by Gasteiger charge is 2.78. The van der Waals surface area contributed by atoms with Gasteiger partial charge in [-0.25, -0.2) is 17.6 Å². The van der Waals surface area contributed by atoms with Crippen molar-refractivity contribution < 1.29 is 41.8 Å². The molecule has 33 heavy (non-hydrogen) atoms. The van der Waals surface area contributed by atoms with Crippen LogP contribution in [0.1, 0.15) is 47.0 Å². The van der Waals surface area contributed by atoms with Gasteiger partial charge in [-0.2, -0.15) is 0 Å².